The van der Waals surface area contributed by atoms with E-state index in [2.05, 4.69) is 15.2 Å². The van der Waals surface area contributed by atoms with Crippen LogP contribution in [0.1, 0.15) is 21.5 Å². The first-order valence-electron chi connectivity index (χ1n) is 11.6. The van der Waals surface area contributed by atoms with E-state index < -0.39 is 43.6 Å². The first kappa shape index (κ1) is 29.3. The number of amides is 3. The predicted molar refractivity (Wildman–Crippen MR) is 137 cm³/mol. The zero-order valence-electron chi connectivity index (χ0n) is 20.4. The number of primary amides is 1. The van der Waals surface area contributed by atoms with Crippen LogP contribution >= 0.6 is 7.60 Å². The van der Waals surface area contributed by atoms with Crippen LogP contribution in [0, 0.1) is 0 Å². The number of alkyl halides is 2. The topological polar surface area (TPSA) is 168 Å². The van der Waals surface area contributed by atoms with Gasteiger partial charge >= 0.3 is 13.8 Å². The third-order valence-electron chi connectivity index (χ3n) is 5.54. The lowest BCUT2D eigenvalue weighted by atomic mass is 10.0. The quantitative estimate of drug-likeness (QED) is 0.212. The molecule has 10 nitrogen and oxygen atoms in total. The molecule has 3 amide bonds. The van der Waals surface area contributed by atoms with Gasteiger partial charge in [0.25, 0.3) is 5.91 Å². The summed E-state index contributed by atoms with van der Waals surface area (Å²) in [5, 5.41) is 14.7. The fourth-order valence-electron chi connectivity index (χ4n) is 3.52. The summed E-state index contributed by atoms with van der Waals surface area (Å²) >= 11 is 0. The van der Waals surface area contributed by atoms with Crippen LogP contribution in [0.15, 0.2) is 78.9 Å². The van der Waals surface area contributed by atoms with Crippen molar-refractivity contribution in [1.82, 2.24) is 10.6 Å². The van der Waals surface area contributed by atoms with Crippen LogP contribution in [0.4, 0.5) is 8.78 Å². The van der Waals surface area contributed by atoms with Gasteiger partial charge in [0.1, 0.15) is 23.6 Å². The minimum Gasteiger partial charge on any atom is -0.508 e. The molecule has 0 saturated heterocycles. The second-order valence-electron chi connectivity index (χ2n) is 8.51. The molecule has 3 aromatic rings. The highest BCUT2D eigenvalue weighted by molar-refractivity contribution is 7.53. The van der Waals surface area contributed by atoms with Crippen LogP contribution < -0.4 is 20.9 Å². The van der Waals surface area contributed by atoms with E-state index in [1.54, 1.807) is 42.5 Å². The fourth-order valence-corrected chi connectivity index (χ4v) is 4.02. The zero-order valence-corrected chi connectivity index (χ0v) is 21.3. The maximum Gasteiger partial charge on any atom is 0.442 e. The Labute approximate surface area is 222 Å². The number of aromatic hydroxyl groups is 1. The largest absolute Gasteiger partial charge is 0.508 e. The molecule has 1 unspecified atom stereocenters. The van der Waals surface area contributed by atoms with Crippen molar-refractivity contribution in [1.29, 1.82) is 0 Å². The van der Waals surface area contributed by atoms with E-state index in [0.717, 1.165) is 12.1 Å². The molecule has 0 aliphatic heterocycles. The average Bonchev–Trinajstić information content (AvgIpc) is 2.90. The van der Waals surface area contributed by atoms with E-state index in [1.807, 2.05) is 0 Å². The van der Waals surface area contributed by atoms with Crippen molar-refractivity contribution in [2.75, 3.05) is 0 Å². The maximum atomic E-state index is 13.2. The first-order chi connectivity index (χ1) is 18.4. The molecule has 0 bridgehead atoms. The van der Waals surface area contributed by atoms with E-state index in [9.17, 15) is 37.7 Å². The molecule has 39 heavy (non-hydrogen) atoms. The molecule has 13 heteroatoms. The molecule has 206 valence electrons. The standard InChI is InChI=1S/C26H26F2N3O7P/c27-26(28)39(36,37)38-20-12-8-17(9-13-20)14-21(23(29)33)30-25(35)22(15-16-6-10-19(32)11-7-16)31-24(34)18-4-2-1-3-5-18/h1-13,21-22,26,32H,14-15H2,(H2,29,33)(H,30,35)(H,31,34)(H,36,37)/t21-,22-/m0/s1. The lowest BCUT2D eigenvalue weighted by Gasteiger charge is -2.22. The minimum absolute atomic E-state index is 0.0225. The highest BCUT2D eigenvalue weighted by Gasteiger charge is 2.34. The van der Waals surface area contributed by atoms with Crippen LogP contribution in [0.3, 0.4) is 0 Å². The van der Waals surface area contributed by atoms with Crippen LogP contribution in [-0.4, -0.2) is 46.0 Å². The van der Waals surface area contributed by atoms with Gasteiger partial charge in [0.05, 0.1) is 0 Å². The lowest BCUT2D eigenvalue weighted by molar-refractivity contribution is -0.128. The molecule has 3 rings (SSSR count). The summed E-state index contributed by atoms with van der Waals surface area (Å²) < 4.78 is 41.0. The molecular formula is C26H26F2N3O7P. The minimum atomic E-state index is -5.15. The van der Waals surface area contributed by atoms with E-state index in [0.29, 0.717) is 16.7 Å². The van der Waals surface area contributed by atoms with Crippen molar-refractivity contribution in [3.05, 3.63) is 95.6 Å². The molecular weight excluding hydrogens is 535 g/mol. The average molecular weight is 561 g/mol. The first-order valence-corrected chi connectivity index (χ1v) is 13.2. The van der Waals surface area contributed by atoms with Gasteiger partial charge in [-0.15, -0.1) is 0 Å². The van der Waals surface area contributed by atoms with Crippen LogP contribution in [0.25, 0.3) is 0 Å². The van der Waals surface area contributed by atoms with Crippen LogP contribution in [0.2, 0.25) is 0 Å². The second-order valence-corrected chi connectivity index (χ2v) is 10.2. The van der Waals surface area contributed by atoms with Crippen LogP contribution in [0.5, 0.6) is 11.5 Å². The van der Waals surface area contributed by atoms with Gasteiger partial charge in [-0.25, -0.2) is 4.57 Å². The molecule has 0 spiro atoms. The molecule has 3 aromatic carbocycles. The second kappa shape index (κ2) is 13.0. The molecule has 0 aromatic heterocycles. The Hall–Kier alpha value is -4.28. The smallest absolute Gasteiger partial charge is 0.442 e. The molecule has 0 aliphatic rings. The third-order valence-corrected chi connectivity index (χ3v) is 6.51. The number of nitrogens with one attached hydrogen (secondary N) is 2. The Morgan fingerprint density at radius 1 is 0.846 bits per heavy atom. The van der Waals surface area contributed by atoms with Gasteiger partial charge < -0.3 is 30.9 Å². The number of halogens is 2. The van der Waals surface area contributed by atoms with Gasteiger partial charge in [0.2, 0.25) is 11.8 Å². The van der Waals surface area contributed by atoms with Gasteiger partial charge in [0.15, 0.2) is 0 Å². The number of rotatable bonds is 12. The number of nitrogens with two attached hydrogens (primary N) is 1. The van der Waals surface area contributed by atoms with E-state index in [-0.39, 0.29) is 24.3 Å². The summed E-state index contributed by atoms with van der Waals surface area (Å²) in [7, 11) is -5.15. The van der Waals surface area contributed by atoms with E-state index in [4.69, 9.17) is 5.73 Å². The predicted octanol–water partition coefficient (Wildman–Crippen LogP) is 2.73. The molecule has 0 saturated carbocycles. The number of benzene rings is 3. The van der Waals surface area contributed by atoms with Crippen molar-refractivity contribution >= 4 is 25.3 Å². The van der Waals surface area contributed by atoms with Gasteiger partial charge in [-0.1, -0.05) is 42.5 Å². The lowest BCUT2D eigenvalue weighted by Crippen LogP contribution is -2.54. The SMILES string of the molecule is NC(=O)[C@H](Cc1ccc(OP(=O)(O)C(F)F)cc1)NC(=O)[C@H](Cc1ccc(O)cc1)NC(=O)c1ccccc1. The van der Waals surface area contributed by atoms with E-state index >= 15 is 0 Å². The van der Waals surface area contributed by atoms with Crippen molar-refractivity contribution in [2.45, 2.75) is 31.1 Å². The number of phenols is 1. The number of hydrogen-bond donors (Lipinski definition) is 5. The number of phenolic OH excluding ortho intramolecular Hbond substituents is 1. The van der Waals surface area contributed by atoms with Gasteiger partial charge in [-0.05, 0) is 47.5 Å². The summed E-state index contributed by atoms with van der Waals surface area (Å²) in [5.41, 5.74) is 6.86. The molecule has 0 aliphatic carbocycles. The monoisotopic (exact) mass is 561 g/mol. The zero-order chi connectivity index (χ0) is 28.6. The normalized spacial score (nSPS) is 14.1. The van der Waals surface area contributed by atoms with Crippen molar-refractivity contribution in [3.63, 3.8) is 0 Å². The highest BCUT2D eigenvalue weighted by Crippen LogP contribution is 2.48. The highest BCUT2D eigenvalue weighted by atomic mass is 31.2. The number of carbonyl (C=O) groups is 3. The Bertz CT molecular complexity index is 1340. The Morgan fingerprint density at radius 3 is 1.92 bits per heavy atom. The summed E-state index contributed by atoms with van der Waals surface area (Å²) in [6.45, 7) is 0. The summed E-state index contributed by atoms with van der Waals surface area (Å²) in [6.07, 6.45) is -3.65. The maximum absolute atomic E-state index is 13.2. The summed E-state index contributed by atoms with van der Waals surface area (Å²) in [4.78, 5) is 47.3. The fraction of sp³-hybridized carbons (Fsp3) is 0.192. The van der Waals surface area contributed by atoms with Gasteiger partial charge in [-0.2, -0.15) is 8.78 Å². The number of carbonyl (C=O) groups excluding carboxylic acids is 3. The summed E-state index contributed by atoms with van der Waals surface area (Å²) in [5.74, 6) is -2.37. The van der Waals surface area contributed by atoms with Crippen molar-refractivity contribution in [3.8, 4) is 11.5 Å². The van der Waals surface area contributed by atoms with Gasteiger partial charge in [-0.3, -0.25) is 14.4 Å². The van der Waals surface area contributed by atoms with Crippen LogP contribution in [-0.2, 0) is 27.0 Å². The molecule has 0 fully saturated rings. The molecule has 3 atom stereocenters. The Balaban J connectivity index is 1.74. The molecule has 6 N–H and O–H groups in total. The molecule has 0 heterocycles. The van der Waals surface area contributed by atoms with Crippen molar-refractivity contribution < 1.29 is 42.3 Å². The van der Waals surface area contributed by atoms with E-state index in [1.165, 1.54) is 24.3 Å². The Kier molecular flexibility index (Phi) is 9.75. The number of hydrogen-bond acceptors (Lipinski definition) is 6. The van der Waals surface area contributed by atoms with Gasteiger partial charge in [0, 0.05) is 18.4 Å². The summed E-state index contributed by atoms with van der Waals surface area (Å²) in [6, 6.07) is 16.9. The Morgan fingerprint density at radius 2 is 1.38 bits per heavy atom. The van der Waals surface area contributed by atoms with Crippen molar-refractivity contribution in [2.24, 2.45) is 5.73 Å². The third kappa shape index (κ3) is 8.62. The molecule has 0 radical (unpaired) electrons.